The first-order chi connectivity index (χ1) is 11.6. The van der Waals surface area contributed by atoms with Gasteiger partial charge in [-0.25, -0.2) is 0 Å². The fourth-order valence-electron chi connectivity index (χ4n) is 2.63. The smallest absolute Gasteiger partial charge is 0.220 e. The van der Waals surface area contributed by atoms with Gasteiger partial charge in [-0.05, 0) is 43.0 Å². The van der Waals surface area contributed by atoms with Crippen molar-refractivity contribution < 1.29 is 14.3 Å². The van der Waals surface area contributed by atoms with E-state index < -0.39 is 0 Å². The molecule has 2 rings (SSSR count). The van der Waals surface area contributed by atoms with Gasteiger partial charge in [-0.1, -0.05) is 36.4 Å². The number of ether oxygens (including phenoxy) is 2. The number of nitrogens with one attached hydrogen (secondary N) is 1. The van der Waals surface area contributed by atoms with E-state index in [1.165, 1.54) is 0 Å². The molecule has 0 aliphatic carbocycles. The van der Waals surface area contributed by atoms with Crippen LogP contribution in [0.1, 0.15) is 36.9 Å². The number of benzene rings is 2. The summed E-state index contributed by atoms with van der Waals surface area (Å²) >= 11 is 0. The first-order valence-electron chi connectivity index (χ1n) is 8.19. The molecule has 1 amide bonds. The normalized spacial score (nSPS) is 11.6. The predicted octanol–water partition coefficient (Wildman–Crippen LogP) is 3.90. The van der Waals surface area contributed by atoms with E-state index in [1.54, 1.807) is 14.2 Å². The van der Waals surface area contributed by atoms with Gasteiger partial charge in [0.1, 0.15) is 0 Å². The molecule has 0 saturated carbocycles. The molecule has 0 fully saturated rings. The van der Waals surface area contributed by atoms with Gasteiger partial charge < -0.3 is 14.8 Å². The topological polar surface area (TPSA) is 47.6 Å². The largest absolute Gasteiger partial charge is 0.493 e. The lowest BCUT2D eigenvalue weighted by molar-refractivity contribution is -0.121. The molecule has 4 heteroatoms. The van der Waals surface area contributed by atoms with Crippen molar-refractivity contribution in [1.82, 2.24) is 5.32 Å². The molecule has 0 aliphatic heterocycles. The molecule has 0 heterocycles. The Kier molecular flexibility index (Phi) is 6.67. The van der Waals surface area contributed by atoms with Gasteiger partial charge in [0.05, 0.1) is 20.3 Å². The monoisotopic (exact) mass is 327 g/mol. The zero-order chi connectivity index (χ0) is 17.4. The summed E-state index contributed by atoms with van der Waals surface area (Å²) in [5.74, 6) is 1.51. The van der Waals surface area contributed by atoms with Crippen molar-refractivity contribution in [2.75, 3.05) is 14.2 Å². The highest BCUT2D eigenvalue weighted by atomic mass is 16.5. The van der Waals surface area contributed by atoms with Crippen molar-refractivity contribution >= 4 is 5.91 Å². The van der Waals surface area contributed by atoms with Crippen LogP contribution in [-0.4, -0.2) is 20.1 Å². The van der Waals surface area contributed by atoms with Crippen LogP contribution in [0.5, 0.6) is 11.5 Å². The van der Waals surface area contributed by atoms with E-state index in [0.717, 1.165) is 35.5 Å². The first-order valence-corrected chi connectivity index (χ1v) is 8.19. The van der Waals surface area contributed by atoms with Crippen LogP contribution in [0.25, 0.3) is 0 Å². The summed E-state index contributed by atoms with van der Waals surface area (Å²) in [5, 5.41) is 3.04. The molecule has 24 heavy (non-hydrogen) atoms. The Labute approximate surface area is 143 Å². The van der Waals surface area contributed by atoms with Gasteiger partial charge in [-0.2, -0.15) is 0 Å². The molecule has 0 saturated heterocycles. The molecule has 0 bridgehead atoms. The first kappa shape index (κ1) is 17.9. The average molecular weight is 327 g/mol. The maximum Gasteiger partial charge on any atom is 0.220 e. The van der Waals surface area contributed by atoms with Crippen molar-refractivity contribution in [2.24, 2.45) is 0 Å². The molecule has 128 valence electrons. The van der Waals surface area contributed by atoms with Crippen LogP contribution in [0.4, 0.5) is 0 Å². The Morgan fingerprint density at radius 2 is 1.75 bits per heavy atom. The third kappa shape index (κ3) is 5.01. The van der Waals surface area contributed by atoms with Gasteiger partial charge in [0, 0.05) is 6.42 Å². The standard InChI is InChI=1S/C20H25NO3/c1-15(17-9-5-4-6-10-17)21-20(22)11-7-8-16-12-13-18(23-2)19(14-16)24-3/h4-6,9-10,12-15H,7-8,11H2,1-3H3,(H,21,22). The molecule has 0 aliphatic rings. The third-order valence-electron chi connectivity index (χ3n) is 3.99. The summed E-state index contributed by atoms with van der Waals surface area (Å²) < 4.78 is 10.5. The fraction of sp³-hybridized carbons (Fsp3) is 0.350. The van der Waals surface area contributed by atoms with Crippen LogP contribution >= 0.6 is 0 Å². The summed E-state index contributed by atoms with van der Waals surface area (Å²) in [5.41, 5.74) is 2.25. The van der Waals surface area contributed by atoms with Gasteiger partial charge >= 0.3 is 0 Å². The van der Waals surface area contributed by atoms with Crippen molar-refractivity contribution in [2.45, 2.75) is 32.2 Å². The maximum atomic E-state index is 12.1. The van der Waals surface area contributed by atoms with E-state index in [0.29, 0.717) is 6.42 Å². The molecule has 0 aromatic heterocycles. The minimum atomic E-state index is 0.0276. The van der Waals surface area contributed by atoms with E-state index in [4.69, 9.17) is 9.47 Å². The minimum absolute atomic E-state index is 0.0276. The minimum Gasteiger partial charge on any atom is -0.493 e. The number of hydrogen-bond donors (Lipinski definition) is 1. The lowest BCUT2D eigenvalue weighted by Gasteiger charge is -2.14. The molecule has 2 aromatic carbocycles. The maximum absolute atomic E-state index is 12.1. The van der Waals surface area contributed by atoms with E-state index in [9.17, 15) is 4.79 Å². The van der Waals surface area contributed by atoms with E-state index in [-0.39, 0.29) is 11.9 Å². The zero-order valence-electron chi connectivity index (χ0n) is 14.5. The Bertz CT molecular complexity index is 655. The predicted molar refractivity (Wildman–Crippen MR) is 95.5 cm³/mol. The van der Waals surface area contributed by atoms with E-state index >= 15 is 0 Å². The number of aryl methyl sites for hydroxylation is 1. The van der Waals surface area contributed by atoms with Crippen molar-refractivity contribution in [3.8, 4) is 11.5 Å². The number of methoxy groups -OCH3 is 2. The van der Waals surface area contributed by atoms with Gasteiger partial charge in [0.25, 0.3) is 0 Å². The fourth-order valence-corrected chi connectivity index (χ4v) is 2.63. The lowest BCUT2D eigenvalue weighted by atomic mass is 10.1. The summed E-state index contributed by atoms with van der Waals surface area (Å²) in [6.45, 7) is 2.00. The van der Waals surface area contributed by atoms with Crippen LogP contribution < -0.4 is 14.8 Å². The number of hydrogen-bond acceptors (Lipinski definition) is 3. The number of rotatable bonds is 8. The molecule has 0 spiro atoms. The van der Waals surface area contributed by atoms with Crippen molar-refractivity contribution in [3.63, 3.8) is 0 Å². The quantitative estimate of drug-likeness (QED) is 0.800. The summed E-state index contributed by atoms with van der Waals surface area (Å²) in [7, 11) is 3.25. The van der Waals surface area contributed by atoms with Crippen LogP contribution in [0.2, 0.25) is 0 Å². The molecule has 4 nitrogen and oxygen atoms in total. The lowest BCUT2D eigenvalue weighted by Crippen LogP contribution is -2.26. The second-order valence-electron chi connectivity index (χ2n) is 5.74. The molecular weight excluding hydrogens is 302 g/mol. The third-order valence-corrected chi connectivity index (χ3v) is 3.99. The van der Waals surface area contributed by atoms with E-state index in [2.05, 4.69) is 5.32 Å². The Morgan fingerprint density at radius 1 is 1.04 bits per heavy atom. The van der Waals surface area contributed by atoms with Crippen LogP contribution in [0.3, 0.4) is 0 Å². The molecule has 1 unspecified atom stereocenters. The summed E-state index contributed by atoms with van der Waals surface area (Å²) in [6.07, 6.45) is 2.13. The van der Waals surface area contributed by atoms with Gasteiger partial charge in [-0.15, -0.1) is 0 Å². The van der Waals surface area contributed by atoms with Crippen molar-refractivity contribution in [1.29, 1.82) is 0 Å². The number of amides is 1. The van der Waals surface area contributed by atoms with Crippen molar-refractivity contribution in [3.05, 3.63) is 59.7 Å². The summed E-state index contributed by atoms with van der Waals surface area (Å²) in [4.78, 5) is 12.1. The second-order valence-corrected chi connectivity index (χ2v) is 5.74. The number of carbonyl (C=O) groups is 1. The molecule has 1 atom stereocenters. The Morgan fingerprint density at radius 3 is 2.42 bits per heavy atom. The SMILES string of the molecule is COc1ccc(CCCC(=O)NC(C)c2ccccc2)cc1OC. The Balaban J connectivity index is 1.80. The van der Waals surface area contributed by atoms with Crippen LogP contribution in [0.15, 0.2) is 48.5 Å². The highest BCUT2D eigenvalue weighted by molar-refractivity contribution is 5.76. The highest BCUT2D eigenvalue weighted by Gasteiger charge is 2.09. The highest BCUT2D eigenvalue weighted by Crippen LogP contribution is 2.28. The van der Waals surface area contributed by atoms with Crippen LogP contribution in [-0.2, 0) is 11.2 Å². The zero-order valence-corrected chi connectivity index (χ0v) is 14.5. The Hall–Kier alpha value is -2.49. The van der Waals surface area contributed by atoms with Gasteiger partial charge in [-0.3, -0.25) is 4.79 Å². The molecule has 0 radical (unpaired) electrons. The average Bonchev–Trinajstić information content (AvgIpc) is 2.62. The second kappa shape index (κ2) is 8.96. The number of carbonyl (C=O) groups excluding carboxylic acids is 1. The molecule has 1 N–H and O–H groups in total. The molecular formula is C20H25NO3. The van der Waals surface area contributed by atoms with Gasteiger partial charge in [0.2, 0.25) is 5.91 Å². The van der Waals surface area contributed by atoms with E-state index in [1.807, 2.05) is 55.5 Å². The molecule has 2 aromatic rings. The summed E-state index contributed by atoms with van der Waals surface area (Å²) in [6, 6.07) is 15.9. The van der Waals surface area contributed by atoms with Gasteiger partial charge in [0.15, 0.2) is 11.5 Å². The van der Waals surface area contributed by atoms with Crippen LogP contribution in [0, 0.1) is 0 Å².